The van der Waals surface area contributed by atoms with Crippen LogP contribution in [-0.2, 0) is 31.9 Å². The van der Waals surface area contributed by atoms with Crippen LogP contribution in [0.15, 0.2) is 24.3 Å². The number of carboxylic acid groups (broad SMARTS) is 1. The summed E-state index contributed by atoms with van der Waals surface area (Å²) in [5.74, 6) is -2.28. The molecule has 0 bridgehead atoms. The Labute approximate surface area is 128 Å². The maximum Gasteiger partial charge on any atom is 0.307 e. The summed E-state index contributed by atoms with van der Waals surface area (Å²) in [6.07, 6.45) is 0.391. The first kappa shape index (κ1) is 16.4. The third-order valence-electron chi connectivity index (χ3n) is 3.60. The number of rotatable bonds is 7. The highest BCUT2D eigenvalue weighted by molar-refractivity contribution is 7.88. The second-order valence-electron chi connectivity index (χ2n) is 5.28. The molecule has 0 radical (unpaired) electrons. The maximum atomic E-state index is 11.7. The Balaban J connectivity index is 1.84. The summed E-state index contributed by atoms with van der Waals surface area (Å²) >= 11 is 0. The van der Waals surface area contributed by atoms with Gasteiger partial charge in [0.05, 0.1) is 17.6 Å². The molecule has 0 saturated heterocycles. The van der Waals surface area contributed by atoms with Crippen LogP contribution in [0, 0.1) is 11.8 Å². The van der Waals surface area contributed by atoms with E-state index in [1.165, 1.54) is 7.05 Å². The van der Waals surface area contributed by atoms with Crippen molar-refractivity contribution in [2.24, 2.45) is 11.8 Å². The Kier molecular flexibility index (Phi) is 4.82. The lowest BCUT2D eigenvalue weighted by atomic mass is 10.1. The number of hydrogen-bond donors (Lipinski definition) is 3. The van der Waals surface area contributed by atoms with Gasteiger partial charge in [-0.25, -0.2) is 13.1 Å². The largest absolute Gasteiger partial charge is 0.481 e. The van der Waals surface area contributed by atoms with Crippen molar-refractivity contribution in [3.05, 3.63) is 35.4 Å². The summed E-state index contributed by atoms with van der Waals surface area (Å²) in [5.41, 5.74) is 1.48. The fourth-order valence-electron chi connectivity index (χ4n) is 2.12. The molecule has 1 aliphatic rings. The molecule has 0 aromatic heterocycles. The average Bonchev–Trinajstić information content (AvgIpc) is 3.26. The van der Waals surface area contributed by atoms with Gasteiger partial charge in [0.15, 0.2) is 0 Å². The van der Waals surface area contributed by atoms with Gasteiger partial charge in [-0.2, -0.15) is 0 Å². The van der Waals surface area contributed by atoms with Gasteiger partial charge in [-0.1, -0.05) is 24.3 Å². The predicted octanol–water partition coefficient (Wildman–Crippen LogP) is 0.0727. The summed E-state index contributed by atoms with van der Waals surface area (Å²) in [5, 5.41) is 11.5. The highest BCUT2D eigenvalue weighted by atomic mass is 32.2. The van der Waals surface area contributed by atoms with Crippen molar-refractivity contribution in [2.75, 3.05) is 7.05 Å². The van der Waals surface area contributed by atoms with E-state index in [0.717, 1.165) is 5.56 Å². The maximum absolute atomic E-state index is 11.7. The van der Waals surface area contributed by atoms with Crippen molar-refractivity contribution in [3.8, 4) is 0 Å². The van der Waals surface area contributed by atoms with Gasteiger partial charge in [-0.3, -0.25) is 9.59 Å². The van der Waals surface area contributed by atoms with Gasteiger partial charge in [0, 0.05) is 6.54 Å². The fraction of sp³-hybridized carbons (Fsp3) is 0.429. The standard InChI is InChI=1S/C14H18N2O5S/c1-15-22(20,21)8-10-4-2-9(3-5-10)7-16-13(17)11-6-12(11)14(18)19/h2-5,11-12,15H,6-8H2,1H3,(H,16,17)(H,18,19)/t11-,12+/m1/s1. The lowest BCUT2D eigenvalue weighted by Crippen LogP contribution is -2.26. The number of hydrogen-bond acceptors (Lipinski definition) is 4. The molecule has 2 rings (SSSR count). The highest BCUT2D eigenvalue weighted by Gasteiger charge is 2.48. The Morgan fingerprint density at radius 2 is 1.77 bits per heavy atom. The van der Waals surface area contributed by atoms with Crippen LogP contribution in [0.25, 0.3) is 0 Å². The third kappa shape index (κ3) is 4.28. The van der Waals surface area contributed by atoms with E-state index in [1.807, 2.05) is 0 Å². The van der Waals surface area contributed by atoms with Gasteiger partial charge in [-0.15, -0.1) is 0 Å². The SMILES string of the molecule is CNS(=O)(=O)Cc1ccc(CNC(=O)[C@@H]2C[C@@H]2C(=O)O)cc1. The summed E-state index contributed by atoms with van der Waals surface area (Å²) in [6.45, 7) is 0.292. The number of nitrogens with one attached hydrogen (secondary N) is 2. The van der Waals surface area contributed by atoms with Gasteiger partial charge in [0.2, 0.25) is 15.9 Å². The first-order valence-corrected chi connectivity index (χ1v) is 8.47. The van der Waals surface area contributed by atoms with Crippen molar-refractivity contribution in [3.63, 3.8) is 0 Å². The Hall–Kier alpha value is -1.93. The van der Waals surface area contributed by atoms with Crippen LogP contribution in [0.2, 0.25) is 0 Å². The van der Waals surface area contributed by atoms with Crippen LogP contribution in [0.1, 0.15) is 17.5 Å². The molecule has 7 nitrogen and oxygen atoms in total. The minimum atomic E-state index is -3.30. The van der Waals surface area contributed by atoms with Gasteiger partial charge in [0.25, 0.3) is 0 Å². The molecule has 8 heteroatoms. The van der Waals surface area contributed by atoms with Crippen molar-refractivity contribution >= 4 is 21.9 Å². The number of carbonyl (C=O) groups is 2. The first-order chi connectivity index (χ1) is 10.3. The van der Waals surface area contributed by atoms with Gasteiger partial charge in [-0.05, 0) is 24.6 Å². The van der Waals surface area contributed by atoms with E-state index in [1.54, 1.807) is 24.3 Å². The smallest absolute Gasteiger partial charge is 0.307 e. The molecule has 0 unspecified atom stereocenters. The second kappa shape index (κ2) is 6.45. The predicted molar refractivity (Wildman–Crippen MR) is 79.2 cm³/mol. The quantitative estimate of drug-likeness (QED) is 0.656. The third-order valence-corrected chi connectivity index (χ3v) is 4.94. The lowest BCUT2D eigenvalue weighted by molar-refractivity contribution is -0.140. The molecule has 0 spiro atoms. The van der Waals surface area contributed by atoms with Crippen LogP contribution in [0.4, 0.5) is 0 Å². The summed E-state index contributed by atoms with van der Waals surface area (Å²) in [7, 11) is -1.94. The molecule has 2 atom stereocenters. The van der Waals surface area contributed by atoms with E-state index < -0.39 is 27.8 Å². The van der Waals surface area contributed by atoms with E-state index in [9.17, 15) is 18.0 Å². The summed E-state index contributed by atoms with van der Waals surface area (Å²) < 4.78 is 25.1. The van der Waals surface area contributed by atoms with Gasteiger partial charge in [0.1, 0.15) is 0 Å². The highest BCUT2D eigenvalue weighted by Crippen LogP contribution is 2.38. The van der Waals surface area contributed by atoms with Crippen LogP contribution in [0.5, 0.6) is 0 Å². The lowest BCUT2D eigenvalue weighted by Gasteiger charge is -2.06. The topological polar surface area (TPSA) is 113 Å². The van der Waals surface area contributed by atoms with Crippen molar-refractivity contribution in [1.29, 1.82) is 0 Å². The van der Waals surface area contributed by atoms with E-state index in [-0.39, 0.29) is 11.7 Å². The van der Waals surface area contributed by atoms with Crippen LogP contribution in [-0.4, -0.2) is 32.4 Å². The number of carbonyl (C=O) groups excluding carboxylic acids is 1. The Bertz CT molecular complexity index is 669. The average molecular weight is 326 g/mol. The molecule has 3 N–H and O–H groups in total. The number of amides is 1. The number of benzene rings is 1. The van der Waals surface area contributed by atoms with E-state index in [2.05, 4.69) is 10.0 Å². The van der Waals surface area contributed by atoms with Gasteiger partial charge < -0.3 is 10.4 Å². The number of aliphatic carboxylic acids is 1. The molecule has 0 aliphatic heterocycles. The van der Waals surface area contributed by atoms with E-state index in [4.69, 9.17) is 5.11 Å². The minimum absolute atomic E-state index is 0.0987. The Morgan fingerprint density at radius 3 is 2.27 bits per heavy atom. The molecule has 1 aromatic rings. The second-order valence-corrected chi connectivity index (χ2v) is 7.21. The molecule has 0 heterocycles. The minimum Gasteiger partial charge on any atom is -0.481 e. The molecule has 22 heavy (non-hydrogen) atoms. The zero-order valence-electron chi connectivity index (χ0n) is 12.1. The van der Waals surface area contributed by atoms with Gasteiger partial charge >= 0.3 is 5.97 Å². The fourth-order valence-corrected chi connectivity index (χ4v) is 2.90. The van der Waals surface area contributed by atoms with Crippen molar-refractivity contribution < 1.29 is 23.1 Å². The molecule has 1 aromatic carbocycles. The molecular weight excluding hydrogens is 308 g/mol. The molecule has 120 valence electrons. The molecular formula is C14H18N2O5S. The van der Waals surface area contributed by atoms with Crippen molar-refractivity contribution in [1.82, 2.24) is 10.0 Å². The first-order valence-electron chi connectivity index (χ1n) is 6.82. The molecule has 1 fully saturated rings. The Morgan fingerprint density at radius 1 is 1.18 bits per heavy atom. The summed E-state index contributed by atoms with van der Waals surface area (Å²) in [6, 6.07) is 6.85. The number of sulfonamides is 1. The zero-order chi connectivity index (χ0) is 16.3. The summed E-state index contributed by atoms with van der Waals surface area (Å²) in [4.78, 5) is 22.4. The monoisotopic (exact) mass is 326 g/mol. The van der Waals surface area contributed by atoms with Crippen LogP contribution < -0.4 is 10.0 Å². The normalized spacial score (nSPS) is 20.4. The van der Waals surface area contributed by atoms with E-state index >= 15 is 0 Å². The van der Waals surface area contributed by atoms with Crippen LogP contribution >= 0.6 is 0 Å². The van der Waals surface area contributed by atoms with Crippen LogP contribution in [0.3, 0.4) is 0 Å². The molecule has 1 aliphatic carbocycles. The van der Waals surface area contributed by atoms with Crippen molar-refractivity contribution in [2.45, 2.75) is 18.7 Å². The zero-order valence-corrected chi connectivity index (χ0v) is 12.9. The van der Waals surface area contributed by atoms with E-state index in [0.29, 0.717) is 18.5 Å². The molecule has 1 saturated carbocycles. The number of carboxylic acids is 1. The molecule has 1 amide bonds.